The first-order valence-electron chi connectivity index (χ1n) is 9.42. The maximum absolute atomic E-state index is 9.63. The van der Waals surface area contributed by atoms with E-state index in [1.807, 2.05) is 0 Å². The van der Waals surface area contributed by atoms with Gasteiger partial charge in [-0.1, -0.05) is 73.5 Å². The van der Waals surface area contributed by atoms with Crippen LogP contribution in [0.5, 0.6) is 0 Å². The third-order valence-electron chi connectivity index (χ3n) is 3.51. The van der Waals surface area contributed by atoms with Crippen LogP contribution in [0.3, 0.4) is 0 Å². The molecule has 0 radical (unpaired) electrons. The van der Waals surface area contributed by atoms with Crippen LogP contribution < -0.4 is 0 Å². The molecular weight excluding hydrogens is 396 g/mol. The van der Waals surface area contributed by atoms with Crippen molar-refractivity contribution in [3.63, 3.8) is 0 Å². The van der Waals surface area contributed by atoms with Gasteiger partial charge >= 0.3 is 0 Å². The Morgan fingerprint density at radius 1 is 0.581 bits per heavy atom. The van der Waals surface area contributed by atoms with Crippen molar-refractivity contribution < 1.29 is 19.2 Å². The minimum Gasteiger partial charge on any atom is -0.222 e. The Balaban J connectivity index is 0. The zero-order valence-electron chi connectivity index (χ0n) is 17.3. The first-order chi connectivity index (χ1) is 15.2. The quantitative estimate of drug-likeness (QED) is 0.353. The largest absolute Gasteiger partial charge is 0.234 e. The molecule has 31 heavy (non-hydrogen) atoms. The number of aliphatic imine (C=N–C) groups is 2. The molecule has 0 bridgehead atoms. The summed E-state index contributed by atoms with van der Waals surface area (Å²) in [7, 11) is 0. The lowest BCUT2D eigenvalue weighted by Gasteiger charge is -2.00. The standard InChI is InChI=1S/C13H12.C8H12N2O2.2CHNO/c1-3-7-12(8-4-1)11-13-9-5-2-6-10-13;11-7-9-5-3-1-2-4-6-10-8-12;2*2-1-3/h1-10H,11H2;1-6H2;2*2H. The predicted octanol–water partition coefficient (Wildman–Crippen LogP) is 4.30. The molecule has 162 valence electrons. The van der Waals surface area contributed by atoms with E-state index < -0.39 is 0 Å². The molecule has 2 aromatic rings. The van der Waals surface area contributed by atoms with Gasteiger partial charge in [-0.3, -0.25) is 0 Å². The molecule has 2 aromatic carbocycles. The summed E-state index contributed by atoms with van der Waals surface area (Å²) in [5.41, 5.74) is 2.74. The van der Waals surface area contributed by atoms with Crippen LogP contribution in [0.1, 0.15) is 36.8 Å². The fourth-order valence-electron chi connectivity index (χ4n) is 2.25. The molecule has 0 atom stereocenters. The van der Waals surface area contributed by atoms with E-state index in [9.17, 15) is 9.59 Å². The maximum atomic E-state index is 9.63. The monoisotopic (exact) mass is 422 g/mol. The fraction of sp³-hybridized carbons (Fsp3) is 0.304. The second-order valence-electron chi connectivity index (χ2n) is 5.71. The van der Waals surface area contributed by atoms with Gasteiger partial charge in [-0.2, -0.15) is 0 Å². The van der Waals surface area contributed by atoms with Crippen molar-refractivity contribution in [3.8, 4) is 0 Å². The lowest BCUT2D eigenvalue weighted by Crippen LogP contribution is -1.85. The molecule has 0 amide bonds. The molecule has 0 spiro atoms. The van der Waals surface area contributed by atoms with E-state index in [0.29, 0.717) is 13.1 Å². The summed E-state index contributed by atoms with van der Waals surface area (Å²) < 4.78 is 0. The Morgan fingerprint density at radius 2 is 0.903 bits per heavy atom. The van der Waals surface area contributed by atoms with Gasteiger partial charge < -0.3 is 0 Å². The Bertz CT molecular complexity index is 761. The molecule has 0 saturated heterocycles. The molecule has 0 aliphatic rings. The molecule has 0 fully saturated rings. The highest BCUT2D eigenvalue weighted by atomic mass is 16.1. The van der Waals surface area contributed by atoms with E-state index in [0.717, 1.165) is 44.3 Å². The predicted molar refractivity (Wildman–Crippen MR) is 117 cm³/mol. The van der Waals surface area contributed by atoms with Crippen LogP contribution in [-0.4, -0.2) is 37.4 Å². The molecule has 2 rings (SSSR count). The van der Waals surface area contributed by atoms with Crippen LogP contribution in [0.2, 0.25) is 0 Å². The summed E-state index contributed by atoms with van der Waals surface area (Å²) in [5, 5.41) is 10.8. The number of hydrogen-bond donors (Lipinski definition) is 2. The third kappa shape index (κ3) is 23.9. The second-order valence-corrected chi connectivity index (χ2v) is 5.71. The van der Waals surface area contributed by atoms with Crippen LogP contribution in [0.25, 0.3) is 0 Å². The van der Waals surface area contributed by atoms with Gasteiger partial charge in [-0.25, -0.2) is 40.0 Å². The number of hydrogen-bond acceptors (Lipinski definition) is 8. The molecule has 2 N–H and O–H groups in total. The van der Waals surface area contributed by atoms with Crippen molar-refractivity contribution in [3.05, 3.63) is 71.8 Å². The smallest absolute Gasteiger partial charge is 0.222 e. The normalized spacial score (nSPS) is 7.87. The lowest BCUT2D eigenvalue weighted by atomic mass is 10.1. The number of nitrogens with zero attached hydrogens (tertiary/aromatic N) is 2. The maximum Gasteiger partial charge on any atom is 0.234 e. The zero-order valence-corrected chi connectivity index (χ0v) is 17.3. The van der Waals surface area contributed by atoms with Crippen molar-refractivity contribution in [2.45, 2.75) is 32.1 Å². The van der Waals surface area contributed by atoms with Crippen molar-refractivity contribution in [1.29, 1.82) is 10.8 Å². The van der Waals surface area contributed by atoms with Gasteiger partial charge in [0, 0.05) is 0 Å². The fourth-order valence-corrected chi connectivity index (χ4v) is 2.25. The first-order valence-corrected chi connectivity index (χ1v) is 9.42. The van der Waals surface area contributed by atoms with Crippen LogP contribution in [-0.2, 0) is 25.6 Å². The van der Waals surface area contributed by atoms with Crippen LogP contribution >= 0.6 is 0 Å². The van der Waals surface area contributed by atoms with Crippen LogP contribution in [0, 0.1) is 10.8 Å². The van der Waals surface area contributed by atoms with Crippen molar-refractivity contribution in [2.24, 2.45) is 9.98 Å². The van der Waals surface area contributed by atoms with Gasteiger partial charge in [-0.15, -0.1) is 0 Å². The van der Waals surface area contributed by atoms with E-state index in [1.54, 1.807) is 0 Å². The van der Waals surface area contributed by atoms with E-state index in [4.69, 9.17) is 20.4 Å². The average Bonchev–Trinajstić information content (AvgIpc) is 2.79. The van der Waals surface area contributed by atoms with Gasteiger partial charge in [0.2, 0.25) is 24.3 Å². The molecule has 0 unspecified atom stereocenters. The van der Waals surface area contributed by atoms with Gasteiger partial charge in [0.15, 0.2) is 0 Å². The van der Waals surface area contributed by atoms with E-state index in [2.05, 4.69) is 70.6 Å². The molecule has 8 heteroatoms. The van der Waals surface area contributed by atoms with Crippen molar-refractivity contribution in [2.75, 3.05) is 13.1 Å². The number of benzene rings is 2. The van der Waals surface area contributed by atoms with Gasteiger partial charge in [0.25, 0.3) is 0 Å². The molecule has 0 aliphatic heterocycles. The molecule has 8 nitrogen and oxygen atoms in total. The number of unbranched alkanes of at least 4 members (excludes halogenated alkanes) is 3. The summed E-state index contributed by atoms with van der Waals surface area (Å²) in [6.45, 7) is 1.11. The minimum absolute atomic E-state index is 0.556. The Labute approximate surface area is 181 Å². The molecule has 0 aliphatic carbocycles. The number of carbonyl (C=O) groups excluding carboxylic acids is 4. The van der Waals surface area contributed by atoms with Gasteiger partial charge in [0.1, 0.15) is 0 Å². The van der Waals surface area contributed by atoms with Crippen molar-refractivity contribution >= 4 is 24.3 Å². The topological polar surface area (TPSA) is 141 Å². The van der Waals surface area contributed by atoms with Gasteiger partial charge in [-0.05, 0) is 30.4 Å². The average molecular weight is 422 g/mol. The van der Waals surface area contributed by atoms with Crippen LogP contribution in [0.4, 0.5) is 0 Å². The van der Waals surface area contributed by atoms with Crippen molar-refractivity contribution in [1.82, 2.24) is 0 Å². The lowest BCUT2D eigenvalue weighted by molar-refractivity contribution is 0.558. The Morgan fingerprint density at radius 3 is 1.19 bits per heavy atom. The Hall–Kier alpha value is -4.04. The summed E-state index contributed by atoms with van der Waals surface area (Å²) in [4.78, 5) is 42.8. The van der Waals surface area contributed by atoms with E-state index >= 15 is 0 Å². The number of isocyanates is 4. The summed E-state index contributed by atoms with van der Waals surface area (Å²) in [5.74, 6) is 0. The molecule has 0 aromatic heterocycles. The highest BCUT2D eigenvalue weighted by Crippen LogP contribution is 2.07. The molecular formula is C23H26N4O4. The Kier molecular flexibility index (Phi) is 24.4. The first kappa shape index (κ1) is 29.2. The summed E-state index contributed by atoms with van der Waals surface area (Å²) in [6.07, 6.45) is 9.33. The summed E-state index contributed by atoms with van der Waals surface area (Å²) in [6, 6.07) is 21.1. The van der Waals surface area contributed by atoms with E-state index in [-0.39, 0.29) is 0 Å². The molecule has 0 heterocycles. The number of nitrogens with one attached hydrogen (secondary N) is 2. The number of rotatable bonds is 9. The van der Waals surface area contributed by atoms with E-state index in [1.165, 1.54) is 23.3 Å². The second kappa shape index (κ2) is 26.0. The summed E-state index contributed by atoms with van der Waals surface area (Å²) >= 11 is 0. The van der Waals surface area contributed by atoms with Gasteiger partial charge in [0.05, 0.1) is 13.1 Å². The third-order valence-corrected chi connectivity index (χ3v) is 3.51. The highest BCUT2D eigenvalue weighted by molar-refractivity contribution is 5.33. The zero-order chi connectivity index (χ0) is 23.4. The highest BCUT2D eigenvalue weighted by Gasteiger charge is 1.92. The minimum atomic E-state index is 0.556. The van der Waals surface area contributed by atoms with Crippen LogP contribution in [0.15, 0.2) is 70.6 Å². The SMILES string of the molecule is N=C=O.N=C=O.O=C=NCCCCCCN=C=O.c1ccc(Cc2ccccc2)cc1. The molecule has 0 saturated carbocycles.